The van der Waals surface area contributed by atoms with Crippen LogP contribution in [0.1, 0.15) is 117 Å². The molecule has 1 aliphatic rings. The summed E-state index contributed by atoms with van der Waals surface area (Å²) in [4.78, 5) is 11.9. The number of ether oxygens (including phenoxy) is 1. The van der Waals surface area contributed by atoms with E-state index < -0.39 is 0 Å². The minimum Gasteiger partial charge on any atom is -0.462 e. The van der Waals surface area contributed by atoms with E-state index in [0.29, 0.717) is 12.3 Å². The van der Waals surface area contributed by atoms with Gasteiger partial charge < -0.3 is 4.74 Å². The molecular weight excluding hydrogens is 284 g/mol. The van der Waals surface area contributed by atoms with Crippen LogP contribution in [0.25, 0.3) is 0 Å². The summed E-state index contributed by atoms with van der Waals surface area (Å²) in [6, 6.07) is 0. The smallest absolute Gasteiger partial charge is 0.306 e. The van der Waals surface area contributed by atoms with Crippen molar-refractivity contribution in [1.29, 1.82) is 0 Å². The number of unbranched alkanes of at least 4 members (excludes halogenated alkanes) is 9. The molecule has 0 amide bonds. The van der Waals surface area contributed by atoms with E-state index in [9.17, 15) is 4.79 Å². The summed E-state index contributed by atoms with van der Waals surface area (Å²) in [5.41, 5.74) is 0. The van der Waals surface area contributed by atoms with Gasteiger partial charge >= 0.3 is 5.97 Å². The van der Waals surface area contributed by atoms with Gasteiger partial charge in [0.2, 0.25) is 0 Å². The van der Waals surface area contributed by atoms with Crippen molar-refractivity contribution in [2.24, 2.45) is 5.92 Å². The predicted octanol–water partition coefficient (Wildman–Crippen LogP) is 6.81. The molecule has 2 heteroatoms. The van der Waals surface area contributed by atoms with Gasteiger partial charge in [-0.3, -0.25) is 4.79 Å². The van der Waals surface area contributed by atoms with Crippen LogP contribution in [0, 0.1) is 5.92 Å². The van der Waals surface area contributed by atoms with Crippen LogP contribution >= 0.6 is 0 Å². The lowest BCUT2D eigenvalue weighted by atomic mass is 9.86. The third-order valence-corrected chi connectivity index (χ3v) is 5.37. The number of carbonyl (C=O) groups excluding carboxylic acids is 1. The topological polar surface area (TPSA) is 26.3 Å². The van der Waals surface area contributed by atoms with Gasteiger partial charge in [-0.2, -0.15) is 0 Å². The van der Waals surface area contributed by atoms with Crippen molar-refractivity contribution in [3.63, 3.8) is 0 Å². The highest BCUT2D eigenvalue weighted by Gasteiger charge is 2.22. The largest absolute Gasteiger partial charge is 0.462 e. The first-order valence-corrected chi connectivity index (χ1v) is 10.4. The number of esters is 1. The Kier molecular flexibility index (Phi) is 12.4. The fourth-order valence-corrected chi connectivity index (χ4v) is 3.72. The number of hydrogen-bond donors (Lipinski definition) is 0. The van der Waals surface area contributed by atoms with Gasteiger partial charge in [0.1, 0.15) is 6.10 Å². The molecule has 0 heterocycles. The van der Waals surface area contributed by atoms with Crippen molar-refractivity contribution in [3.05, 3.63) is 0 Å². The van der Waals surface area contributed by atoms with E-state index in [1.54, 1.807) is 0 Å². The molecule has 0 bridgehead atoms. The zero-order valence-electron chi connectivity index (χ0n) is 15.8. The van der Waals surface area contributed by atoms with Gasteiger partial charge in [0, 0.05) is 6.42 Å². The van der Waals surface area contributed by atoms with E-state index in [4.69, 9.17) is 4.74 Å². The Hall–Kier alpha value is -0.530. The first-order valence-electron chi connectivity index (χ1n) is 10.4. The van der Waals surface area contributed by atoms with E-state index in [1.807, 2.05) is 0 Å². The van der Waals surface area contributed by atoms with Gasteiger partial charge in [0.05, 0.1) is 0 Å². The van der Waals surface area contributed by atoms with Crippen molar-refractivity contribution in [1.82, 2.24) is 0 Å². The lowest BCUT2D eigenvalue weighted by molar-refractivity contribution is -0.151. The van der Waals surface area contributed by atoms with Crippen LogP contribution in [-0.4, -0.2) is 12.1 Å². The minimum absolute atomic E-state index is 0.0302. The molecule has 0 radical (unpaired) electrons. The Morgan fingerprint density at radius 2 is 1.39 bits per heavy atom. The average Bonchev–Trinajstić information content (AvgIpc) is 2.57. The maximum absolute atomic E-state index is 11.9. The molecule has 0 aliphatic heterocycles. The van der Waals surface area contributed by atoms with Crippen molar-refractivity contribution in [2.75, 3.05) is 0 Å². The van der Waals surface area contributed by atoms with E-state index >= 15 is 0 Å². The molecule has 1 atom stereocenters. The molecule has 0 aromatic rings. The summed E-state index contributed by atoms with van der Waals surface area (Å²) < 4.78 is 5.63. The summed E-state index contributed by atoms with van der Waals surface area (Å²) in [6.45, 7) is 4.35. The highest BCUT2D eigenvalue weighted by atomic mass is 16.5. The molecule has 0 spiro atoms. The first-order chi connectivity index (χ1) is 11.2. The summed E-state index contributed by atoms with van der Waals surface area (Å²) in [7, 11) is 0. The van der Waals surface area contributed by atoms with Crippen LogP contribution in [0.4, 0.5) is 0 Å². The molecular formula is C21H40O2. The second-order valence-corrected chi connectivity index (χ2v) is 7.53. The number of rotatable bonds is 13. The SMILES string of the molecule is CCCCCCCCCCCCC(=O)OC(C)C1CCCCC1. The third-order valence-electron chi connectivity index (χ3n) is 5.37. The highest BCUT2D eigenvalue weighted by Crippen LogP contribution is 2.28. The average molecular weight is 325 g/mol. The molecule has 136 valence electrons. The van der Waals surface area contributed by atoms with Crippen molar-refractivity contribution < 1.29 is 9.53 Å². The Morgan fingerprint density at radius 3 is 1.96 bits per heavy atom. The molecule has 1 aliphatic carbocycles. The summed E-state index contributed by atoms with van der Waals surface area (Å²) in [6.07, 6.45) is 20.3. The Morgan fingerprint density at radius 1 is 0.870 bits per heavy atom. The maximum atomic E-state index is 11.9. The lowest BCUT2D eigenvalue weighted by Gasteiger charge is -2.27. The zero-order valence-corrected chi connectivity index (χ0v) is 15.8. The second kappa shape index (κ2) is 13.9. The molecule has 1 unspecified atom stereocenters. The third kappa shape index (κ3) is 10.8. The molecule has 23 heavy (non-hydrogen) atoms. The summed E-state index contributed by atoms with van der Waals surface area (Å²) >= 11 is 0. The van der Waals surface area contributed by atoms with Crippen molar-refractivity contribution >= 4 is 5.97 Å². The van der Waals surface area contributed by atoms with Crippen LogP contribution in [0.3, 0.4) is 0 Å². The second-order valence-electron chi connectivity index (χ2n) is 7.53. The fraction of sp³-hybridized carbons (Fsp3) is 0.952. The van der Waals surface area contributed by atoms with Gasteiger partial charge in [-0.25, -0.2) is 0 Å². The van der Waals surface area contributed by atoms with Gasteiger partial charge in [-0.05, 0) is 32.1 Å². The van der Waals surface area contributed by atoms with Crippen LogP contribution in [0.15, 0.2) is 0 Å². The normalized spacial score (nSPS) is 17.1. The molecule has 2 nitrogen and oxygen atoms in total. The van der Waals surface area contributed by atoms with Crippen molar-refractivity contribution in [3.8, 4) is 0 Å². The first kappa shape index (κ1) is 20.5. The monoisotopic (exact) mass is 324 g/mol. The van der Waals surface area contributed by atoms with E-state index in [-0.39, 0.29) is 12.1 Å². The van der Waals surface area contributed by atoms with E-state index in [1.165, 1.54) is 89.9 Å². The van der Waals surface area contributed by atoms with E-state index in [2.05, 4.69) is 13.8 Å². The summed E-state index contributed by atoms with van der Waals surface area (Å²) in [5, 5.41) is 0. The molecule has 1 saturated carbocycles. The van der Waals surface area contributed by atoms with Crippen LogP contribution in [-0.2, 0) is 9.53 Å². The summed E-state index contributed by atoms with van der Waals surface area (Å²) in [5.74, 6) is 0.642. The quantitative estimate of drug-likeness (QED) is 0.275. The molecule has 0 aromatic heterocycles. The fourth-order valence-electron chi connectivity index (χ4n) is 3.72. The molecule has 1 rings (SSSR count). The van der Waals surface area contributed by atoms with Crippen LogP contribution in [0.2, 0.25) is 0 Å². The highest BCUT2D eigenvalue weighted by molar-refractivity contribution is 5.69. The van der Waals surface area contributed by atoms with E-state index in [0.717, 1.165) is 6.42 Å². The Balaban J connectivity index is 1.89. The van der Waals surface area contributed by atoms with Crippen LogP contribution < -0.4 is 0 Å². The zero-order chi connectivity index (χ0) is 16.8. The Labute approximate surface area is 144 Å². The predicted molar refractivity (Wildman–Crippen MR) is 98.6 cm³/mol. The van der Waals surface area contributed by atoms with Gasteiger partial charge in [-0.15, -0.1) is 0 Å². The molecule has 0 aromatic carbocycles. The number of hydrogen-bond acceptors (Lipinski definition) is 2. The standard InChI is InChI=1S/C21H40O2/c1-3-4-5-6-7-8-9-10-11-15-18-21(22)23-19(2)20-16-13-12-14-17-20/h19-20H,3-18H2,1-2H3. The maximum Gasteiger partial charge on any atom is 0.306 e. The number of carbonyl (C=O) groups is 1. The molecule has 0 N–H and O–H groups in total. The van der Waals surface area contributed by atoms with Crippen LogP contribution in [0.5, 0.6) is 0 Å². The van der Waals surface area contributed by atoms with Crippen molar-refractivity contribution in [2.45, 2.75) is 123 Å². The van der Waals surface area contributed by atoms with Gasteiger partial charge in [0.25, 0.3) is 0 Å². The lowest BCUT2D eigenvalue weighted by Crippen LogP contribution is -2.25. The van der Waals surface area contributed by atoms with Gasteiger partial charge in [-0.1, -0.05) is 84.0 Å². The molecule has 0 saturated heterocycles. The van der Waals surface area contributed by atoms with Gasteiger partial charge in [0.15, 0.2) is 0 Å². The molecule has 1 fully saturated rings. The Bertz CT molecular complexity index is 282. The minimum atomic E-state index is 0.0302.